The van der Waals surface area contributed by atoms with Gasteiger partial charge in [0, 0.05) is 0 Å². The van der Waals surface area contributed by atoms with Gasteiger partial charge in [-0.05, 0) is 6.42 Å². The fourth-order valence-electron chi connectivity index (χ4n) is 1.65. The third-order valence-electron chi connectivity index (χ3n) is 2.76. The third-order valence-corrected chi connectivity index (χ3v) is 7.49. The summed E-state index contributed by atoms with van der Waals surface area (Å²) in [5, 5.41) is -1.18. The molecule has 0 N–H and O–H groups in total. The average molecular weight is 392 g/mol. The summed E-state index contributed by atoms with van der Waals surface area (Å²) >= 11 is -2.53. The van der Waals surface area contributed by atoms with Crippen LogP contribution in [-0.2, 0) is 0 Å². The molecule has 0 bridgehead atoms. The maximum atomic E-state index is 13.1. The highest BCUT2D eigenvalue weighted by Gasteiger charge is 2.53. The summed E-state index contributed by atoms with van der Waals surface area (Å²) in [4.78, 5) is 0. The molecule has 0 heterocycles. The first-order valence-electron chi connectivity index (χ1n) is 5.98. The van der Waals surface area contributed by atoms with E-state index in [1.807, 2.05) is 6.92 Å². The molecule has 0 fully saturated rings. The molecule has 0 aromatic heterocycles. The predicted octanol–water partition coefficient (Wildman–Crippen LogP) is 7.99. The summed E-state index contributed by atoms with van der Waals surface area (Å²) in [6.07, 6.45) is 4.54. The fraction of sp³-hybridized carbons (Fsp3) is 0.900. The van der Waals surface area contributed by atoms with Gasteiger partial charge in [-0.3, -0.25) is 0 Å². The maximum absolute atomic E-state index is 13.1. The van der Waals surface area contributed by atoms with Crippen LogP contribution in [-0.4, -0.2) is 9.33 Å². The van der Waals surface area contributed by atoms with Gasteiger partial charge in [0.1, 0.15) is 0 Å². The molecule has 0 aliphatic carbocycles. The van der Waals surface area contributed by atoms with E-state index in [4.69, 9.17) is 0 Å². The van der Waals surface area contributed by atoms with Crippen LogP contribution in [0, 0.1) is 4.58 Å². The molecule has 1 radical (unpaired) electrons. The van der Waals surface area contributed by atoms with Crippen LogP contribution in [0.1, 0.15) is 45.4 Å². The second-order valence-electron chi connectivity index (χ2n) is 4.04. The highest BCUT2D eigenvalue weighted by atomic mass is 32.3. The Bertz CT molecular complexity index is 228. The quantitative estimate of drug-likeness (QED) is 0.177. The Morgan fingerprint density at radius 3 is 1.85 bits per heavy atom. The second-order valence-corrected chi connectivity index (χ2v) is 8.03. The van der Waals surface area contributed by atoms with E-state index in [0.717, 1.165) is 25.7 Å². The summed E-state index contributed by atoms with van der Waals surface area (Å²) in [6.45, 7) is 2.04. The maximum Gasteiger partial charge on any atom is 0.185 e. The average Bonchev–Trinajstić information content (AvgIpc) is 2.49. The molecule has 0 nitrogen and oxygen atoms in total. The summed E-state index contributed by atoms with van der Waals surface area (Å²) in [5.74, 6) is 0. The lowest BCUT2D eigenvalue weighted by Crippen LogP contribution is -2.35. The van der Waals surface area contributed by atoms with Crippen LogP contribution in [0.2, 0.25) is 0 Å². The Kier molecular flexibility index (Phi) is 13.8. The topological polar surface area (TPSA) is 0 Å². The number of hydrogen-bond acceptors (Lipinski definition) is 5. The lowest BCUT2D eigenvalue weighted by atomic mass is 10.1. The molecule has 0 rings (SSSR count). The first kappa shape index (κ1) is 21.4. The van der Waals surface area contributed by atoms with Crippen molar-refractivity contribution in [1.82, 2.24) is 0 Å². The van der Waals surface area contributed by atoms with Crippen LogP contribution in [0.15, 0.2) is 0 Å². The zero-order valence-corrected chi connectivity index (χ0v) is 14.8. The predicted molar refractivity (Wildman–Crippen MR) is 86.6 cm³/mol. The van der Waals surface area contributed by atoms with Gasteiger partial charge in [-0.2, -0.15) is 19.4 Å². The van der Waals surface area contributed by atoms with E-state index in [1.54, 1.807) is 0 Å². The van der Waals surface area contributed by atoms with Gasteiger partial charge >= 0.3 is 0 Å². The Balaban J connectivity index is 4.66. The van der Waals surface area contributed by atoms with Gasteiger partial charge in [-0.15, -0.1) is 0 Å². The van der Waals surface area contributed by atoms with Crippen molar-refractivity contribution in [3.05, 3.63) is 4.58 Å². The Morgan fingerprint density at radius 1 is 0.900 bits per heavy atom. The molecule has 121 valence electrons. The molecule has 0 spiro atoms. The number of halogens is 5. The molecule has 0 aromatic carbocycles. The minimum Gasteiger partial charge on any atom is -0.165 e. The number of hydrogen-bond donors (Lipinski definition) is 0. The van der Waals surface area contributed by atoms with E-state index in [0.29, 0.717) is 6.42 Å². The van der Waals surface area contributed by atoms with Crippen LogP contribution in [0.25, 0.3) is 0 Å². The largest absolute Gasteiger partial charge is 0.185 e. The van der Waals surface area contributed by atoms with Crippen molar-refractivity contribution in [2.45, 2.75) is 54.8 Å². The third kappa shape index (κ3) is 6.26. The number of unbranched alkanes of at least 4 members (excludes halogenated alkanes) is 4. The normalized spacial score (nSPS) is 13.9. The molecular weight excluding hydrogens is 375 g/mol. The van der Waals surface area contributed by atoms with Crippen molar-refractivity contribution in [2.75, 3.05) is 0 Å². The molecule has 10 heteroatoms. The van der Waals surface area contributed by atoms with Gasteiger partial charge in [0.2, 0.25) is 0 Å². The SMILES string of the molecule is CCCCCCCC(SF)C(SF)(SF)[C](SF)SF. The molecule has 0 saturated carbocycles. The summed E-state index contributed by atoms with van der Waals surface area (Å²) in [5.41, 5.74) is 0. The van der Waals surface area contributed by atoms with Crippen molar-refractivity contribution in [1.29, 1.82) is 0 Å². The van der Waals surface area contributed by atoms with Gasteiger partial charge in [-0.1, -0.05) is 39.0 Å². The van der Waals surface area contributed by atoms with Crippen LogP contribution < -0.4 is 0 Å². The van der Waals surface area contributed by atoms with Crippen molar-refractivity contribution in [3.8, 4) is 0 Å². The molecule has 0 amide bonds. The van der Waals surface area contributed by atoms with E-state index < -0.39 is 62.5 Å². The van der Waals surface area contributed by atoms with Crippen molar-refractivity contribution in [3.63, 3.8) is 0 Å². The van der Waals surface area contributed by atoms with E-state index in [2.05, 4.69) is 0 Å². The monoisotopic (exact) mass is 391 g/mol. The molecular formula is C10H16F5S5. The smallest absolute Gasteiger partial charge is 0.165 e. The highest BCUT2D eigenvalue weighted by Crippen LogP contribution is 2.61. The zero-order valence-electron chi connectivity index (χ0n) is 10.8. The van der Waals surface area contributed by atoms with Gasteiger partial charge in [0.25, 0.3) is 0 Å². The van der Waals surface area contributed by atoms with E-state index in [1.165, 1.54) is 0 Å². The summed E-state index contributed by atoms with van der Waals surface area (Å²) in [7, 11) is 0. The van der Waals surface area contributed by atoms with Gasteiger partial charge < -0.3 is 0 Å². The lowest BCUT2D eigenvalue weighted by molar-refractivity contribution is 0.584. The van der Waals surface area contributed by atoms with Crippen LogP contribution in [0.3, 0.4) is 0 Å². The van der Waals surface area contributed by atoms with Crippen LogP contribution in [0.4, 0.5) is 19.4 Å². The second kappa shape index (κ2) is 12.9. The van der Waals surface area contributed by atoms with E-state index in [9.17, 15) is 19.4 Å². The Hall–Kier alpha value is 1.40. The first-order chi connectivity index (χ1) is 9.66. The lowest BCUT2D eigenvalue weighted by Gasteiger charge is -2.32. The van der Waals surface area contributed by atoms with E-state index in [-0.39, 0.29) is 18.6 Å². The molecule has 1 unspecified atom stereocenters. The van der Waals surface area contributed by atoms with Crippen LogP contribution >= 0.6 is 60.7 Å². The van der Waals surface area contributed by atoms with Crippen molar-refractivity contribution in [2.24, 2.45) is 0 Å². The molecule has 0 aliphatic heterocycles. The summed E-state index contributed by atoms with van der Waals surface area (Å²) < 4.78 is 61.5. The highest BCUT2D eigenvalue weighted by molar-refractivity contribution is 8.23. The van der Waals surface area contributed by atoms with Gasteiger partial charge in [0.15, 0.2) is 8.66 Å². The van der Waals surface area contributed by atoms with Gasteiger partial charge in [0.05, 0.1) is 66.0 Å². The van der Waals surface area contributed by atoms with Crippen molar-refractivity contribution < 1.29 is 19.4 Å². The molecule has 0 saturated heterocycles. The van der Waals surface area contributed by atoms with Gasteiger partial charge in [-0.25, -0.2) is 0 Å². The Morgan fingerprint density at radius 2 is 1.45 bits per heavy atom. The zero-order chi connectivity index (χ0) is 15.4. The molecule has 0 aromatic rings. The Labute approximate surface area is 139 Å². The molecule has 1 atom stereocenters. The van der Waals surface area contributed by atoms with Crippen LogP contribution in [0.5, 0.6) is 0 Å². The molecule has 20 heavy (non-hydrogen) atoms. The minimum absolute atomic E-state index is 0.156. The standard InChI is InChI=1S/C10H16F5S5/c1-2-3-4-5-6-7-8(16-11)10(19-14,20-15)9(17-12)18-13/h8H,2-7H2,1H3. The van der Waals surface area contributed by atoms with E-state index >= 15 is 0 Å². The fourth-order valence-corrected chi connectivity index (χ4v) is 4.73. The summed E-state index contributed by atoms with van der Waals surface area (Å²) in [6, 6.07) is 0. The molecule has 0 aliphatic rings. The first-order valence-corrected chi connectivity index (χ1v) is 9.63. The number of rotatable bonds is 13. The van der Waals surface area contributed by atoms with Crippen molar-refractivity contribution >= 4 is 60.7 Å². The minimum atomic E-state index is -2.21.